The third kappa shape index (κ3) is 2.71. The molecular formula is C13H15ClN4. The molecule has 18 heavy (non-hydrogen) atoms. The van der Waals surface area contributed by atoms with Gasteiger partial charge >= 0.3 is 0 Å². The summed E-state index contributed by atoms with van der Waals surface area (Å²) < 4.78 is 1.84. The number of anilines is 1. The SMILES string of the molecule is Cc1nn(C)c(C)c1/C=N\Nc1cccc(Cl)c1. The van der Waals surface area contributed by atoms with Gasteiger partial charge < -0.3 is 0 Å². The van der Waals surface area contributed by atoms with Gasteiger partial charge in [0.05, 0.1) is 17.6 Å². The van der Waals surface area contributed by atoms with Crippen molar-refractivity contribution in [2.45, 2.75) is 13.8 Å². The number of nitrogens with one attached hydrogen (secondary N) is 1. The third-order valence-corrected chi connectivity index (χ3v) is 3.01. The second-order valence-electron chi connectivity index (χ2n) is 4.09. The van der Waals surface area contributed by atoms with Crippen LogP contribution in [-0.4, -0.2) is 16.0 Å². The van der Waals surface area contributed by atoms with Crippen LogP contribution in [0.4, 0.5) is 5.69 Å². The number of aromatic nitrogens is 2. The fourth-order valence-corrected chi connectivity index (χ4v) is 1.90. The molecule has 0 aliphatic carbocycles. The van der Waals surface area contributed by atoms with Gasteiger partial charge in [0, 0.05) is 23.3 Å². The van der Waals surface area contributed by atoms with Gasteiger partial charge in [-0.2, -0.15) is 10.2 Å². The van der Waals surface area contributed by atoms with Gasteiger partial charge in [-0.25, -0.2) is 0 Å². The predicted molar refractivity (Wildman–Crippen MR) is 75.4 cm³/mol. The van der Waals surface area contributed by atoms with Crippen LogP contribution < -0.4 is 5.43 Å². The molecule has 1 aromatic heterocycles. The molecule has 1 N–H and O–H groups in total. The fourth-order valence-electron chi connectivity index (χ4n) is 1.71. The second-order valence-corrected chi connectivity index (χ2v) is 4.52. The number of aryl methyl sites for hydroxylation is 2. The van der Waals surface area contributed by atoms with Gasteiger partial charge in [0.25, 0.3) is 0 Å². The molecule has 0 amide bonds. The van der Waals surface area contributed by atoms with Crippen LogP contribution in [0.1, 0.15) is 17.0 Å². The molecule has 0 saturated carbocycles. The molecule has 1 heterocycles. The van der Waals surface area contributed by atoms with Crippen molar-refractivity contribution in [2.24, 2.45) is 12.1 Å². The Bertz CT molecular complexity index is 587. The maximum atomic E-state index is 5.89. The molecule has 0 aliphatic rings. The Hall–Kier alpha value is -1.81. The van der Waals surface area contributed by atoms with Crippen LogP contribution in [0, 0.1) is 13.8 Å². The zero-order valence-corrected chi connectivity index (χ0v) is 11.4. The average Bonchev–Trinajstić information content (AvgIpc) is 2.56. The Morgan fingerprint density at radius 1 is 1.39 bits per heavy atom. The fraction of sp³-hybridized carbons (Fsp3) is 0.231. The molecule has 0 bridgehead atoms. The largest absolute Gasteiger partial charge is 0.278 e. The summed E-state index contributed by atoms with van der Waals surface area (Å²) in [5, 5.41) is 9.21. The highest BCUT2D eigenvalue weighted by Crippen LogP contribution is 2.15. The number of hydrazone groups is 1. The van der Waals surface area contributed by atoms with Gasteiger partial charge in [0.2, 0.25) is 0 Å². The molecular weight excluding hydrogens is 248 g/mol. The highest BCUT2D eigenvalue weighted by molar-refractivity contribution is 6.30. The molecule has 0 unspecified atom stereocenters. The predicted octanol–water partition coefficient (Wildman–Crippen LogP) is 3.14. The van der Waals surface area contributed by atoms with E-state index in [1.54, 1.807) is 6.21 Å². The van der Waals surface area contributed by atoms with Crippen molar-refractivity contribution in [3.8, 4) is 0 Å². The van der Waals surface area contributed by atoms with Gasteiger partial charge in [0.15, 0.2) is 0 Å². The van der Waals surface area contributed by atoms with Crippen LogP contribution in [0.2, 0.25) is 5.02 Å². The molecule has 1 aromatic carbocycles. The monoisotopic (exact) mass is 262 g/mol. The van der Waals surface area contributed by atoms with Crippen LogP contribution in [-0.2, 0) is 7.05 Å². The minimum Gasteiger partial charge on any atom is -0.278 e. The Balaban J connectivity index is 2.12. The van der Waals surface area contributed by atoms with Gasteiger partial charge in [-0.15, -0.1) is 0 Å². The molecule has 2 aromatic rings. The van der Waals surface area contributed by atoms with Crippen molar-refractivity contribution in [3.63, 3.8) is 0 Å². The standard InChI is InChI=1S/C13H15ClN4/c1-9-13(10(2)18(3)17-9)8-15-16-12-6-4-5-11(14)7-12/h4-8,16H,1-3H3/b15-8-. The van der Waals surface area contributed by atoms with Crippen molar-refractivity contribution in [3.05, 3.63) is 46.2 Å². The van der Waals surface area contributed by atoms with E-state index >= 15 is 0 Å². The summed E-state index contributed by atoms with van der Waals surface area (Å²) in [6, 6.07) is 7.43. The molecule has 0 saturated heterocycles. The van der Waals surface area contributed by atoms with E-state index in [4.69, 9.17) is 11.6 Å². The molecule has 94 valence electrons. The van der Waals surface area contributed by atoms with Crippen molar-refractivity contribution in [2.75, 3.05) is 5.43 Å². The number of nitrogens with zero attached hydrogens (tertiary/aromatic N) is 3. The third-order valence-electron chi connectivity index (χ3n) is 2.78. The number of hydrogen-bond acceptors (Lipinski definition) is 3. The van der Waals surface area contributed by atoms with E-state index in [0.717, 1.165) is 22.6 Å². The lowest BCUT2D eigenvalue weighted by atomic mass is 10.2. The van der Waals surface area contributed by atoms with Gasteiger partial charge in [-0.3, -0.25) is 10.1 Å². The molecule has 5 heteroatoms. The summed E-state index contributed by atoms with van der Waals surface area (Å²) in [4.78, 5) is 0. The van der Waals surface area contributed by atoms with E-state index in [0.29, 0.717) is 5.02 Å². The Morgan fingerprint density at radius 3 is 2.78 bits per heavy atom. The highest BCUT2D eigenvalue weighted by Gasteiger charge is 2.06. The molecule has 0 spiro atoms. The molecule has 4 nitrogen and oxygen atoms in total. The minimum atomic E-state index is 0.684. The van der Waals surface area contributed by atoms with E-state index < -0.39 is 0 Å². The minimum absolute atomic E-state index is 0.684. The molecule has 0 radical (unpaired) electrons. The van der Waals surface area contributed by atoms with Crippen LogP contribution in [0.3, 0.4) is 0 Å². The lowest BCUT2D eigenvalue weighted by molar-refractivity contribution is 0.731. The number of benzene rings is 1. The summed E-state index contributed by atoms with van der Waals surface area (Å²) in [6.07, 6.45) is 1.78. The molecule has 0 fully saturated rings. The van der Waals surface area contributed by atoms with Crippen LogP contribution in [0.15, 0.2) is 29.4 Å². The summed E-state index contributed by atoms with van der Waals surface area (Å²) in [5.74, 6) is 0. The summed E-state index contributed by atoms with van der Waals surface area (Å²) >= 11 is 5.89. The van der Waals surface area contributed by atoms with E-state index in [2.05, 4.69) is 15.6 Å². The van der Waals surface area contributed by atoms with E-state index in [1.807, 2.05) is 49.8 Å². The van der Waals surface area contributed by atoms with Crippen molar-refractivity contribution in [1.82, 2.24) is 9.78 Å². The number of halogens is 1. The topological polar surface area (TPSA) is 42.2 Å². The second kappa shape index (κ2) is 5.23. The normalized spacial score (nSPS) is 11.1. The highest BCUT2D eigenvalue weighted by atomic mass is 35.5. The quantitative estimate of drug-likeness (QED) is 0.682. The number of hydrogen-bond donors (Lipinski definition) is 1. The Labute approximate surface area is 111 Å². The molecule has 0 aliphatic heterocycles. The van der Waals surface area contributed by atoms with Gasteiger partial charge in [-0.05, 0) is 32.0 Å². The number of rotatable bonds is 3. The molecule has 0 atom stereocenters. The summed E-state index contributed by atoms with van der Waals surface area (Å²) in [5.41, 5.74) is 6.89. The first-order chi connectivity index (χ1) is 8.58. The van der Waals surface area contributed by atoms with Gasteiger partial charge in [-0.1, -0.05) is 17.7 Å². The summed E-state index contributed by atoms with van der Waals surface area (Å²) in [7, 11) is 1.92. The van der Waals surface area contributed by atoms with Crippen molar-refractivity contribution < 1.29 is 0 Å². The smallest absolute Gasteiger partial charge is 0.0684 e. The first-order valence-corrected chi connectivity index (χ1v) is 6.00. The zero-order valence-electron chi connectivity index (χ0n) is 10.6. The first kappa shape index (κ1) is 12.6. The van der Waals surface area contributed by atoms with Crippen molar-refractivity contribution in [1.29, 1.82) is 0 Å². The molecule has 2 rings (SSSR count). The van der Waals surface area contributed by atoms with Gasteiger partial charge in [0.1, 0.15) is 0 Å². The summed E-state index contributed by atoms with van der Waals surface area (Å²) in [6.45, 7) is 3.98. The lowest BCUT2D eigenvalue weighted by Crippen LogP contribution is -1.95. The Morgan fingerprint density at radius 2 is 2.17 bits per heavy atom. The maximum absolute atomic E-state index is 5.89. The zero-order chi connectivity index (χ0) is 13.1. The van der Waals surface area contributed by atoms with Crippen molar-refractivity contribution >= 4 is 23.5 Å². The van der Waals surface area contributed by atoms with E-state index in [9.17, 15) is 0 Å². The lowest BCUT2D eigenvalue weighted by Gasteiger charge is -2.00. The Kier molecular flexibility index (Phi) is 3.67. The van der Waals surface area contributed by atoms with Crippen LogP contribution in [0.5, 0.6) is 0 Å². The average molecular weight is 263 g/mol. The van der Waals surface area contributed by atoms with Crippen LogP contribution in [0.25, 0.3) is 0 Å². The van der Waals surface area contributed by atoms with E-state index in [1.165, 1.54) is 0 Å². The first-order valence-electron chi connectivity index (χ1n) is 5.63. The van der Waals surface area contributed by atoms with Crippen LogP contribution >= 0.6 is 11.6 Å². The maximum Gasteiger partial charge on any atom is 0.0684 e. The van der Waals surface area contributed by atoms with E-state index in [-0.39, 0.29) is 0 Å².